The number of hydrogen-bond donors (Lipinski definition) is 1. The maximum Gasteiger partial charge on any atom is 0.313 e. The Hall–Kier alpha value is -3.57. The number of rotatable bonds is 5. The summed E-state index contributed by atoms with van der Waals surface area (Å²) in [5.74, 6) is -3.12. The Balaban J connectivity index is 1.45. The molecule has 4 aliphatic heterocycles. The zero-order chi connectivity index (χ0) is 28.1. The molecule has 6 atom stereocenters. The molecular formula is C29H35N5O6. The van der Waals surface area contributed by atoms with Gasteiger partial charge in [-0.2, -0.15) is 0 Å². The molecule has 1 aromatic heterocycles. The van der Waals surface area contributed by atoms with Crippen molar-refractivity contribution >= 4 is 28.8 Å². The van der Waals surface area contributed by atoms with Gasteiger partial charge in [-0.15, -0.1) is 5.10 Å². The summed E-state index contributed by atoms with van der Waals surface area (Å²) in [4.78, 5) is 45.4. The molecule has 11 heteroatoms. The van der Waals surface area contributed by atoms with E-state index in [2.05, 4.69) is 10.3 Å². The van der Waals surface area contributed by atoms with E-state index in [-0.39, 0.29) is 38.2 Å². The van der Waals surface area contributed by atoms with Crippen LogP contribution in [0.5, 0.6) is 0 Å². The fraction of sp³-hybridized carbons (Fsp3) is 0.552. The molecule has 1 spiro atoms. The van der Waals surface area contributed by atoms with Gasteiger partial charge in [-0.3, -0.25) is 14.4 Å². The van der Waals surface area contributed by atoms with E-state index < -0.39 is 41.1 Å². The predicted molar refractivity (Wildman–Crippen MR) is 143 cm³/mol. The van der Waals surface area contributed by atoms with Gasteiger partial charge in [-0.25, -0.2) is 4.68 Å². The number of aliphatic hydroxyl groups excluding tert-OH is 1. The molecule has 0 bridgehead atoms. The number of ether oxygens (including phenoxy) is 2. The lowest BCUT2D eigenvalue weighted by molar-refractivity contribution is -0.163. The first-order chi connectivity index (χ1) is 19.4. The lowest BCUT2D eigenvalue weighted by atomic mass is 9.73. The van der Waals surface area contributed by atoms with Crippen LogP contribution in [0.3, 0.4) is 0 Å². The molecule has 0 saturated carbocycles. The Morgan fingerprint density at radius 3 is 2.73 bits per heavy atom. The van der Waals surface area contributed by atoms with E-state index in [0.29, 0.717) is 11.9 Å². The number of carbonyl (C=O) groups is 3. The molecule has 212 valence electrons. The van der Waals surface area contributed by atoms with Gasteiger partial charge in [-0.1, -0.05) is 48.6 Å². The molecule has 1 unspecified atom stereocenters. The first-order valence-electron chi connectivity index (χ1n) is 14.1. The zero-order valence-corrected chi connectivity index (χ0v) is 22.8. The molecule has 2 saturated heterocycles. The number of likely N-dealkylation sites (tertiary alicyclic amines) is 1. The summed E-state index contributed by atoms with van der Waals surface area (Å²) in [5, 5.41) is 18.6. The maximum absolute atomic E-state index is 14.5. The monoisotopic (exact) mass is 549 g/mol. The van der Waals surface area contributed by atoms with Crippen molar-refractivity contribution < 1.29 is 29.0 Å². The number of benzene rings is 1. The van der Waals surface area contributed by atoms with Crippen LogP contribution in [0.15, 0.2) is 48.6 Å². The minimum Gasteiger partial charge on any atom is -0.465 e. The second kappa shape index (κ2) is 10.1. The van der Waals surface area contributed by atoms with Crippen LogP contribution in [-0.2, 0) is 30.5 Å². The van der Waals surface area contributed by atoms with Gasteiger partial charge >= 0.3 is 5.97 Å². The number of cyclic esters (lactones) is 1. The Morgan fingerprint density at radius 1 is 1.10 bits per heavy atom. The number of carbonyl (C=O) groups excluding carboxylic acids is 3. The number of allylic oxidation sites excluding steroid dienone is 1. The van der Waals surface area contributed by atoms with E-state index in [1.807, 2.05) is 49.4 Å². The molecule has 11 nitrogen and oxygen atoms in total. The highest BCUT2D eigenvalue weighted by atomic mass is 16.6. The lowest BCUT2D eigenvalue weighted by Gasteiger charge is -2.40. The number of aliphatic hydroxyl groups is 1. The molecule has 2 fully saturated rings. The van der Waals surface area contributed by atoms with Crippen molar-refractivity contribution in [3.05, 3.63) is 48.6 Å². The highest BCUT2D eigenvalue weighted by molar-refractivity contribution is 5.99. The van der Waals surface area contributed by atoms with Gasteiger partial charge in [-0.05, 0) is 44.7 Å². The van der Waals surface area contributed by atoms with E-state index in [9.17, 15) is 19.5 Å². The summed E-state index contributed by atoms with van der Waals surface area (Å²) in [7, 11) is 0. The standard InChI is InChI=1S/C29H35N5O6/c1-3-28-13-8-4-5-9-16-39-27(38)23(28)22-25(36)34(19(2)17-35)24-26(37)32(15-10-14-29(22,24)40-28)18-33-21-12-7-6-11-20(21)30-31-33/h6-8,10-14,19,22-24,35H,3-5,9,15-18H2,1-2H3/b13-8-/t19-,22+,23+,24?,28-,29+/m1/s1. The van der Waals surface area contributed by atoms with Gasteiger partial charge < -0.3 is 24.4 Å². The van der Waals surface area contributed by atoms with Crippen molar-refractivity contribution in [2.24, 2.45) is 11.8 Å². The highest BCUT2D eigenvalue weighted by Crippen LogP contribution is 2.58. The van der Waals surface area contributed by atoms with Gasteiger partial charge in [0.15, 0.2) is 0 Å². The van der Waals surface area contributed by atoms with Crippen molar-refractivity contribution in [2.45, 2.75) is 69.5 Å². The normalized spacial score (nSPS) is 33.8. The number of hydrogen-bond acceptors (Lipinski definition) is 8. The SMILES string of the molecule is CC[C@@]12/C=C\CCCCOC(=O)[C@@H]1[C@H]1C(=O)N([C@H](C)CO)C3C(=O)N(Cn4nnc5ccccc54)CC=C[C@@]31O2. The molecular weight excluding hydrogens is 514 g/mol. The fourth-order valence-corrected chi connectivity index (χ4v) is 6.90. The lowest BCUT2D eigenvalue weighted by Crippen LogP contribution is -2.58. The third-order valence-corrected chi connectivity index (χ3v) is 8.87. The molecule has 0 radical (unpaired) electrons. The number of para-hydroxylation sites is 1. The average molecular weight is 550 g/mol. The molecule has 0 aliphatic carbocycles. The minimum atomic E-state index is -1.41. The average Bonchev–Trinajstić information content (AvgIpc) is 3.54. The van der Waals surface area contributed by atoms with E-state index in [4.69, 9.17) is 9.47 Å². The predicted octanol–water partition coefficient (Wildman–Crippen LogP) is 1.81. The van der Waals surface area contributed by atoms with Crippen molar-refractivity contribution in [1.29, 1.82) is 0 Å². The van der Waals surface area contributed by atoms with Crippen LogP contribution in [-0.4, -0.2) is 90.7 Å². The summed E-state index contributed by atoms with van der Waals surface area (Å²) >= 11 is 0. The number of nitrogens with zero attached hydrogens (tertiary/aromatic N) is 5. The zero-order valence-electron chi connectivity index (χ0n) is 22.8. The Labute approximate surface area is 232 Å². The van der Waals surface area contributed by atoms with Crippen molar-refractivity contribution in [2.75, 3.05) is 19.8 Å². The Kier molecular flexibility index (Phi) is 6.74. The van der Waals surface area contributed by atoms with Gasteiger partial charge in [0.1, 0.15) is 35.3 Å². The molecule has 1 N–H and O–H groups in total. The molecule has 2 aromatic rings. The minimum absolute atomic E-state index is 0.112. The van der Waals surface area contributed by atoms with Crippen molar-refractivity contribution in [1.82, 2.24) is 24.8 Å². The van der Waals surface area contributed by atoms with Crippen LogP contribution >= 0.6 is 0 Å². The van der Waals surface area contributed by atoms with Crippen LogP contribution in [0.4, 0.5) is 0 Å². The van der Waals surface area contributed by atoms with Crippen LogP contribution in [0, 0.1) is 11.8 Å². The molecule has 4 aliphatic rings. The number of amides is 2. The van der Waals surface area contributed by atoms with Gasteiger partial charge in [0.2, 0.25) is 5.91 Å². The molecule has 40 heavy (non-hydrogen) atoms. The number of aromatic nitrogens is 3. The third kappa shape index (κ3) is 3.89. The van der Waals surface area contributed by atoms with E-state index >= 15 is 0 Å². The van der Waals surface area contributed by atoms with E-state index in [0.717, 1.165) is 24.8 Å². The summed E-state index contributed by atoms with van der Waals surface area (Å²) in [6.07, 6.45) is 10.4. The van der Waals surface area contributed by atoms with Crippen LogP contribution < -0.4 is 0 Å². The van der Waals surface area contributed by atoms with E-state index in [1.165, 1.54) is 4.90 Å². The quantitative estimate of drug-likeness (QED) is 0.442. The van der Waals surface area contributed by atoms with E-state index in [1.54, 1.807) is 22.6 Å². The molecule has 1 aromatic carbocycles. The van der Waals surface area contributed by atoms with Crippen molar-refractivity contribution in [3.8, 4) is 0 Å². The van der Waals surface area contributed by atoms with Gasteiger partial charge in [0.25, 0.3) is 5.91 Å². The fourth-order valence-electron chi connectivity index (χ4n) is 6.90. The highest BCUT2D eigenvalue weighted by Gasteiger charge is 2.75. The molecule has 5 heterocycles. The smallest absolute Gasteiger partial charge is 0.313 e. The van der Waals surface area contributed by atoms with Crippen LogP contribution in [0.1, 0.15) is 39.5 Å². The summed E-state index contributed by atoms with van der Waals surface area (Å²) in [6.45, 7) is 3.91. The first kappa shape index (κ1) is 26.6. The van der Waals surface area contributed by atoms with Crippen molar-refractivity contribution in [3.63, 3.8) is 0 Å². The third-order valence-electron chi connectivity index (χ3n) is 8.87. The number of fused-ring (bicyclic) bond motifs is 3. The first-order valence-corrected chi connectivity index (χ1v) is 14.1. The maximum atomic E-state index is 14.5. The van der Waals surface area contributed by atoms with Crippen LogP contribution in [0.2, 0.25) is 0 Å². The number of esters is 1. The second-order valence-corrected chi connectivity index (χ2v) is 11.1. The van der Waals surface area contributed by atoms with Gasteiger partial charge in [0.05, 0.1) is 30.7 Å². The molecule has 2 amide bonds. The summed E-state index contributed by atoms with van der Waals surface area (Å²) in [6, 6.07) is 5.74. The Morgan fingerprint density at radius 2 is 1.93 bits per heavy atom. The summed E-state index contributed by atoms with van der Waals surface area (Å²) in [5.41, 5.74) is -1.03. The largest absolute Gasteiger partial charge is 0.465 e. The molecule has 6 rings (SSSR count). The Bertz CT molecular complexity index is 1390. The van der Waals surface area contributed by atoms with Gasteiger partial charge in [0, 0.05) is 6.54 Å². The second-order valence-electron chi connectivity index (χ2n) is 11.1. The van der Waals surface area contributed by atoms with Crippen LogP contribution in [0.25, 0.3) is 11.0 Å². The summed E-state index contributed by atoms with van der Waals surface area (Å²) < 4.78 is 14.3. The topological polar surface area (TPSA) is 127 Å².